The van der Waals surface area contributed by atoms with Crippen LogP contribution in [0.3, 0.4) is 0 Å². The van der Waals surface area contributed by atoms with Gasteiger partial charge in [0.15, 0.2) is 0 Å². The fraction of sp³-hybridized carbons (Fsp3) is 0.522. The summed E-state index contributed by atoms with van der Waals surface area (Å²) in [4.78, 5) is 26.1. The molecule has 4 atom stereocenters. The second kappa shape index (κ2) is 9.03. The molecule has 0 spiro atoms. The van der Waals surface area contributed by atoms with Crippen molar-refractivity contribution in [3.05, 3.63) is 52.9 Å². The average molecular weight is 542 g/mol. The minimum absolute atomic E-state index is 0.00345. The van der Waals surface area contributed by atoms with Crippen LogP contribution in [-0.4, -0.2) is 59.5 Å². The molecule has 0 aliphatic carbocycles. The van der Waals surface area contributed by atoms with Gasteiger partial charge in [0.05, 0.1) is 24.8 Å². The number of carbonyl (C=O) groups is 2. The van der Waals surface area contributed by atoms with Crippen LogP contribution in [0.5, 0.6) is 0 Å². The molecule has 14 heteroatoms. The first-order valence-electron chi connectivity index (χ1n) is 11.5. The first-order chi connectivity index (χ1) is 17.1. The van der Waals surface area contributed by atoms with Gasteiger partial charge in [-0.1, -0.05) is 20.8 Å². The van der Waals surface area contributed by atoms with Gasteiger partial charge >= 0.3 is 6.09 Å². The van der Waals surface area contributed by atoms with Crippen molar-refractivity contribution in [1.82, 2.24) is 14.1 Å². The summed E-state index contributed by atoms with van der Waals surface area (Å²) >= 11 is 0. The van der Waals surface area contributed by atoms with Gasteiger partial charge in [0, 0.05) is 30.1 Å². The maximum absolute atomic E-state index is 15.1. The Hall–Kier alpha value is -3.10. The Labute approximate surface area is 212 Å². The molecule has 11 nitrogen and oxygen atoms in total. The lowest BCUT2D eigenvalue weighted by molar-refractivity contribution is -0.232. The van der Waals surface area contributed by atoms with E-state index in [9.17, 15) is 22.4 Å². The van der Waals surface area contributed by atoms with E-state index in [0.717, 1.165) is 28.5 Å². The van der Waals surface area contributed by atoms with E-state index in [1.165, 1.54) is 6.20 Å². The smallest absolute Gasteiger partial charge is 0.404 e. The number of carbonyl (C=O) groups excluding carboxylic acids is 2. The molecule has 2 amide bonds. The van der Waals surface area contributed by atoms with Gasteiger partial charge in [-0.2, -0.15) is 9.19 Å². The van der Waals surface area contributed by atoms with Crippen LogP contribution in [0, 0.1) is 17.0 Å². The molecule has 2 aliphatic heterocycles. The first kappa shape index (κ1) is 26.9. The molecular weight excluding hydrogens is 512 g/mol. The monoisotopic (exact) mass is 541 g/mol. The van der Waals surface area contributed by atoms with E-state index in [4.69, 9.17) is 20.9 Å². The van der Waals surface area contributed by atoms with Crippen LogP contribution in [0.15, 0.2) is 24.4 Å². The minimum atomic E-state index is -3.77. The van der Waals surface area contributed by atoms with E-state index in [0.29, 0.717) is 5.56 Å². The van der Waals surface area contributed by atoms with Crippen molar-refractivity contribution in [2.24, 2.45) is 16.9 Å². The van der Waals surface area contributed by atoms with Crippen LogP contribution in [0.4, 0.5) is 13.6 Å². The van der Waals surface area contributed by atoms with Crippen LogP contribution in [0.1, 0.15) is 50.1 Å². The van der Waals surface area contributed by atoms with E-state index in [1.807, 2.05) is 0 Å². The summed E-state index contributed by atoms with van der Waals surface area (Å²) in [6, 6.07) is 1.24. The van der Waals surface area contributed by atoms with Crippen LogP contribution in [-0.2, 0) is 36.4 Å². The molecule has 0 saturated carbocycles. The van der Waals surface area contributed by atoms with Crippen LogP contribution in [0.25, 0.3) is 0 Å². The second-order valence-electron chi connectivity index (χ2n) is 10.4. The lowest BCUT2D eigenvalue weighted by Gasteiger charge is -2.54. The molecule has 2 aliphatic rings. The van der Waals surface area contributed by atoms with Crippen molar-refractivity contribution in [3.63, 3.8) is 0 Å². The number of nitrogens with two attached hydrogens (primary N) is 2. The summed E-state index contributed by atoms with van der Waals surface area (Å²) < 4.78 is 66.5. The molecular formula is C23H29F2N5O6S. The molecule has 3 heterocycles. The van der Waals surface area contributed by atoms with Crippen molar-refractivity contribution in [2.75, 3.05) is 12.9 Å². The van der Waals surface area contributed by atoms with Gasteiger partial charge in [0.2, 0.25) is 5.91 Å². The van der Waals surface area contributed by atoms with E-state index in [1.54, 1.807) is 25.7 Å². The maximum atomic E-state index is 15.1. The number of aromatic nitrogens is 2. The highest BCUT2D eigenvalue weighted by Crippen LogP contribution is 2.52. The van der Waals surface area contributed by atoms with Crippen LogP contribution in [0.2, 0.25) is 0 Å². The summed E-state index contributed by atoms with van der Waals surface area (Å²) in [5.41, 5.74) is 8.94. The predicted molar refractivity (Wildman–Crippen MR) is 126 cm³/mol. The van der Waals surface area contributed by atoms with Gasteiger partial charge in [-0.05, 0) is 23.6 Å². The number of primary amides is 2. The Bertz CT molecular complexity index is 1360. The third kappa shape index (κ3) is 4.46. The summed E-state index contributed by atoms with van der Waals surface area (Å²) in [5, 5.41) is 3.89. The molecule has 4 rings (SSSR count). The minimum Gasteiger partial charge on any atom is -0.443 e. The summed E-state index contributed by atoms with van der Waals surface area (Å²) in [5.74, 6) is -2.22. The molecule has 0 unspecified atom stereocenters. The number of amides is 2. The van der Waals surface area contributed by atoms with Crippen molar-refractivity contribution in [1.29, 1.82) is 0 Å². The molecule has 1 aromatic heterocycles. The molecule has 1 saturated heterocycles. The highest BCUT2D eigenvalue weighted by atomic mass is 32.2. The predicted octanol–water partition coefficient (Wildman–Crippen LogP) is 1.51. The number of halogens is 2. The number of rotatable bonds is 5. The third-order valence-corrected chi connectivity index (χ3v) is 7.96. The quantitative estimate of drug-likeness (QED) is 0.576. The largest absolute Gasteiger partial charge is 0.443 e. The zero-order chi connectivity index (χ0) is 27.5. The van der Waals surface area contributed by atoms with Crippen LogP contribution < -0.4 is 11.5 Å². The molecule has 1 fully saturated rings. The SMILES string of the molecule is CC(C)(C)[C@]1(c2cc(F)ccc2F)OC[C@H](N2Cc3c(cnn3S(C)(=O)=O)[C@H]2C(N)=O)C[C@@H]1OC(N)=O. The van der Waals surface area contributed by atoms with Crippen molar-refractivity contribution in [2.45, 2.75) is 57.5 Å². The summed E-state index contributed by atoms with van der Waals surface area (Å²) in [6.45, 7) is 5.06. The molecule has 37 heavy (non-hydrogen) atoms. The fourth-order valence-corrected chi connectivity index (χ4v) is 6.36. The van der Waals surface area contributed by atoms with Crippen molar-refractivity contribution >= 4 is 22.0 Å². The lowest BCUT2D eigenvalue weighted by atomic mass is 9.66. The zero-order valence-electron chi connectivity index (χ0n) is 20.8. The van der Waals surface area contributed by atoms with Gasteiger partial charge in [0.1, 0.15) is 29.4 Å². The summed E-state index contributed by atoms with van der Waals surface area (Å²) in [6.07, 6.45) is -0.106. The second-order valence-corrected chi connectivity index (χ2v) is 12.2. The average Bonchev–Trinajstić information content (AvgIpc) is 3.33. The topological polar surface area (TPSA) is 160 Å². The fourth-order valence-electron chi connectivity index (χ4n) is 5.58. The van der Waals surface area contributed by atoms with Gasteiger partial charge in [-0.25, -0.2) is 22.0 Å². The number of hydrogen-bond acceptors (Lipinski definition) is 8. The zero-order valence-corrected chi connectivity index (χ0v) is 21.6. The molecule has 202 valence electrons. The van der Waals surface area contributed by atoms with E-state index >= 15 is 4.39 Å². The van der Waals surface area contributed by atoms with Gasteiger partial charge in [-0.3, -0.25) is 9.69 Å². The van der Waals surface area contributed by atoms with E-state index < -0.39 is 62.9 Å². The standard InChI is InChI=1S/C23H29F2N5O6S/c1-22(2,3)23(15-7-12(24)5-6-16(15)25)18(36-21(27)32)8-13(11-35-23)29-10-17-14(19(29)20(26)31)9-28-30(17)37(4,33)34/h5-7,9,13,18-19H,8,10-11H2,1-4H3,(H2,26,31)(H2,27,32)/t13-,18+,19+,23-/m1/s1. The van der Waals surface area contributed by atoms with Crippen LogP contribution >= 0.6 is 0 Å². The van der Waals surface area contributed by atoms with E-state index in [-0.39, 0.29) is 30.8 Å². The molecule has 1 aromatic carbocycles. The highest BCUT2D eigenvalue weighted by molar-refractivity contribution is 7.89. The number of ether oxygens (including phenoxy) is 2. The molecule has 2 aromatic rings. The Morgan fingerprint density at radius 2 is 1.92 bits per heavy atom. The highest BCUT2D eigenvalue weighted by Gasteiger charge is 2.58. The Morgan fingerprint density at radius 3 is 2.49 bits per heavy atom. The Morgan fingerprint density at radius 1 is 1.24 bits per heavy atom. The van der Waals surface area contributed by atoms with Gasteiger partial charge < -0.3 is 20.9 Å². The Balaban J connectivity index is 1.78. The van der Waals surface area contributed by atoms with E-state index in [2.05, 4.69) is 5.10 Å². The number of benzene rings is 1. The lowest BCUT2D eigenvalue weighted by Crippen LogP contribution is -2.61. The molecule has 0 bridgehead atoms. The summed E-state index contributed by atoms with van der Waals surface area (Å²) in [7, 11) is -3.77. The van der Waals surface area contributed by atoms with Gasteiger partial charge in [0.25, 0.3) is 10.0 Å². The third-order valence-electron chi connectivity index (χ3n) is 7.02. The molecule has 4 N–H and O–H groups in total. The number of fused-ring (bicyclic) bond motifs is 1. The Kier molecular flexibility index (Phi) is 6.57. The molecule has 0 radical (unpaired) electrons. The number of hydrogen-bond donors (Lipinski definition) is 2. The van der Waals surface area contributed by atoms with Gasteiger partial charge in [-0.15, -0.1) is 0 Å². The first-order valence-corrected chi connectivity index (χ1v) is 13.3. The maximum Gasteiger partial charge on any atom is 0.404 e. The van der Waals surface area contributed by atoms with Crippen molar-refractivity contribution in [3.8, 4) is 0 Å². The normalized spacial score (nSPS) is 26.6. The number of nitrogens with zero attached hydrogens (tertiary/aromatic N) is 3. The van der Waals surface area contributed by atoms with Crippen molar-refractivity contribution < 1.29 is 36.3 Å².